The minimum atomic E-state index is -4.32. The Bertz CT molecular complexity index is 825. The maximum atomic E-state index is 12.1. The van der Waals surface area contributed by atoms with Gasteiger partial charge in [-0.1, -0.05) is 36.4 Å². The summed E-state index contributed by atoms with van der Waals surface area (Å²) in [6, 6.07) is 16.5. The van der Waals surface area contributed by atoms with Gasteiger partial charge in [0, 0.05) is 13.1 Å². The lowest BCUT2D eigenvalue weighted by atomic mass is 10.1. The highest BCUT2D eigenvalue weighted by Gasteiger charge is 2.27. The van der Waals surface area contributed by atoms with Crippen molar-refractivity contribution in [2.75, 3.05) is 13.2 Å². The van der Waals surface area contributed by atoms with Crippen LogP contribution in [0.3, 0.4) is 0 Å². The molecule has 2 aromatic carbocycles. The van der Waals surface area contributed by atoms with Gasteiger partial charge in [0.25, 0.3) is 0 Å². The van der Waals surface area contributed by atoms with E-state index in [0.29, 0.717) is 36.7 Å². The molecule has 0 spiro atoms. The second-order valence-corrected chi connectivity index (χ2v) is 6.28. The Kier molecular flexibility index (Phi) is 8.49. The minimum absolute atomic E-state index is 0.0814. The van der Waals surface area contributed by atoms with Gasteiger partial charge in [-0.3, -0.25) is 0 Å². The average molecular weight is 404 g/mol. The Morgan fingerprint density at radius 1 is 1.00 bits per heavy atom. The maximum Gasteiger partial charge on any atom is 0.411 e. The van der Waals surface area contributed by atoms with Gasteiger partial charge in [0.2, 0.25) is 0 Å². The van der Waals surface area contributed by atoms with Gasteiger partial charge in [0.05, 0.1) is 24.8 Å². The number of nitrogens with zero attached hydrogens (tertiary/aromatic N) is 2. The van der Waals surface area contributed by atoms with E-state index < -0.39 is 12.8 Å². The summed E-state index contributed by atoms with van der Waals surface area (Å²) >= 11 is 0. The van der Waals surface area contributed by atoms with Gasteiger partial charge in [-0.15, -0.1) is 0 Å². The standard InChI is InChI=1S/C21H23F3N4O/c1-2-26-20(27-12-17-5-3-16(11-25)4-6-17)28-13-18-7-9-19(10-8-18)14-29-15-21(22,23)24/h3-10H,2,12-15H2,1H3,(H2,26,27,28). The molecule has 0 aliphatic rings. The smallest absolute Gasteiger partial charge is 0.367 e. The number of nitriles is 1. The van der Waals surface area contributed by atoms with E-state index in [-0.39, 0.29) is 6.61 Å². The Labute approximate surface area is 168 Å². The molecule has 0 saturated heterocycles. The number of aliphatic imine (C=N–C) groups is 1. The molecule has 0 aromatic heterocycles. The Hall–Kier alpha value is -3.05. The predicted octanol–water partition coefficient (Wildman–Crippen LogP) is 3.89. The first-order chi connectivity index (χ1) is 13.9. The van der Waals surface area contributed by atoms with Crippen molar-refractivity contribution in [2.24, 2.45) is 4.99 Å². The van der Waals surface area contributed by atoms with Crippen LogP contribution in [0.15, 0.2) is 53.5 Å². The first-order valence-electron chi connectivity index (χ1n) is 9.13. The van der Waals surface area contributed by atoms with Crippen molar-refractivity contribution in [3.8, 4) is 6.07 Å². The predicted molar refractivity (Wildman–Crippen MR) is 105 cm³/mol. The van der Waals surface area contributed by atoms with Crippen molar-refractivity contribution in [1.82, 2.24) is 10.6 Å². The van der Waals surface area contributed by atoms with Gasteiger partial charge in [-0.2, -0.15) is 18.4 Å². The topological polar surface area (TPSA) is 69.4 Å². The van der Waals surface area contributed by atoms with Crippen LogP contribution in [0.25, 0.3) is 0 Å². The molecule has 0 atom stereocenters. The molecule has 0 bridgehead atoms. The number of benzene rings is 2. The van der Waals surface area contributed by atoms with Crippen LogP contribution < -0.4 is 10.6 Å². The van der Waals surface area contributed by atoms with E-state index in [1.165, 1.54) is 0 Å². The van der Waals surface area contributed by atoms with Crippen molar-refractivity contribution < 1.29 is 17.9 Å². The molecule has 0 aliphatic heterocycles. The number of halogens is 3. The Morgan fingerprint density at radius 2 is 1.62 bits per heavy atom. The van der Waals surface area contributed by atoms with E-state index in [9.17, 15) is 13.2 Å². The molecule has 29 heavy (non-hydrogen) atoms. The zero-order valence-corrected chi connectivity index (χ0v) is 16.1. The number of alkyl halides is 3. The molecule has 2 N–H and O–H groups in total. The first-order valence-corrected chi connectivity index (χ1v) is 9.13. The van der Waals surface area contributed by atoms with Crippen LogP contribution in [0.1, 0.15) is 29.2 Å². The van der Waals surface area contributed by atoms with Crippen molar-refractivity contribution >= 4 is 5.96 Å². The van der Waals surface area contributed by atoms with Crippen LogP contribution in [-0.2, 0) is 24.4 Å². The van der Waals surface area contributed by atoms with Crippen molar-refractivity contribution in [2.45, 2.75) is 32.8 Å². The largest absolute Gasteiger partial charge is 0.411 e. The maximum absolute atomic E-state index is 12.1. The monoisotopic (exact) mass is 404 g/mol. The van der Waals surface area contributed by atoms with Crippen LogP contribution in [0.5, 0.6) is 0 Å². The van der Waals surface area contributed by atoms with Gasteiger partial charge in [-0.05, 0) is 35.7 Å². The lowest BCUT2D eigenvalue weighted by Gasteiger charge is -2.12. The van der Waals surface area contributed by atoms with Gasteiger partial charge in [0.1, 0.15) is 6.61 Å². The van der Waals surface area contributed by atoms with E-state index >= 15 is 0 Å². The molecule has 5 nitrogen and oxygen atoms in total. The summed E-state index contributed by atoms with van der Waals surface area (Å²) in [5.74, 6) is 0.648. The Morgan fingerprint density at radius 3 is 2.21 bits per heavy atom. The molecule has 0 unspecified atom stereocenters. The number of ether oxygens (including phenoxy) is 1. The highest BCUT2D eigenvalue weighted by Crippen LogP contribution is 2.15. The Balaban J connectivity index is 1.86. The van der Waals surface area contributed by atoms with E-state index in [4.69, 9.17) is 5.26 Å². The lowest BCUT2D eigenvalue weighted by molar-refractivity contribution is -0.176. The highest BCUT2D eigenvalue weighted by atomic mass is 19.4. The lowest BCUT2D eigenvalue weighted by Crippen LogP contribution is -2.36. The molecule has 2 rings (SSSR count). The summed E-state index contributed by atoms with van der Waals surface area (Å²) in [6.07, 6.45) is -4.32. The molecule has 0 aliphatic carbocycles. The van der Waals surface area contributed by atoms with Crippen LogP contribution in [0.4, 0.5) is 13.2 Å². The number of hydrogen-bond donors (Lipinski definition) is 2. The van der Waals surface area contributed by atoms with Crippen LogP contribution in [-0.4, -0.2) is 25.3 Å². The number of rotatable bonds is 8. The summed E-state index contributed by atoms with van der Waals surface area (Å²) in [4.78, 5) is 4.52. The third-order valence-electron chi connectivity index (χ3n) is 3.86. The quantitative estimate of drug-likeness (QED) is 0.517. The van der Waals surface area contributed by atoms with E-state index in [1.54, 1.807) is 24.3 Å². The van der Waals surface area contributed by atoms with E-state index in [2.05, 4.69) is 26.4 Å². The minimum Gasteiger partial charge on any atom is -0.367 e. The zero-order valence-electron chi connectivity index (χ0n) is 16.1. The number of hydrogen-bond acceptors (Lipinski definition) is 3. The van der Waals surface area contributed by atoms with Gasteiger partial charge >= 0.3 is 6.18 Å². The SMILES string of the molecule is CCNC(=NCc1ccc(C#N)cc1)NCc1ccc(COCC(F)(F)F)cc1. The number of nitrogens with one attached hydrogen (secondary N) is 2. The van der Waals surface area contributed by atoms with Crippen molar-refractivity contribution in [3.05, 3.63) is 70.8 Å². The van der Waals surface area contributed by atoms with Gasteiger partial charge in [-0.25, -0.2) is 4.99 Å². The molecular formula is C21H23F3N4O. The van der Waals surface area contributed by atoms with Crippen LogP contribution in [0, 0.1) is 11.3 Å². The first kappa shape index (κ1) is 22.2. The summed E-state index contributed by atoms with van der Waals surface area (Å²) < 4.78 is 41.0. The molecular weight excluding hydrogens is 381 g/mol. The van der Waals surface area contributed by atoms with Gasteiger partial charge in [0.15, 0.2) is 5.96 Å². The fourth-order valence-electron chi connectivity index (χ4n) is 2.42. The van der Waals surface area contributed by atoms with E-state index in [1.807, 2.05) is 31.2 Å². The summed E-state index contributed by atoms with van der Waals surface area (Å²) in [7, 11) is 0. The van der Waals surface area contributed by atoms with Crippen LogP contribution in [0.2, 0.25) is 0 Å². The fourth-order valence-corrected chi connectivity index (χ4v) is 2.42. The average Bonchev–Trinajstić information content (AvgIpc) is 2.70. The van der Waals surface area contributed by atoms with Crippen LogP contribution >= 0.6 is 0 Å². The second kappa shape index (κ2) is 11.1. The third-order valence-corrected chi connectivity index (χ3v) is 3.86. The highest BCUT2D eigenvalue weighted by molar-refractivity contribution is 5.79. The summed E-state index contributed by atoms with van der Waals surface area (Å²) in [5.41, 5.74) is 3.24. The van der Waals surface area contributed by atoms with E-state index in [0.717, 1.165) is 11.1 Å². The molecule has 8 heteroatoms. The molecule has 0 fully saturated rings. The van der Waals surface area contributed by atoms with Crippen molar-refractivity contribution in [1.29, 1.82) is 5.26 Å². The summed E-state index contributed by atoms with van der Waals surface area (Å²) in [6.45, 7) is 2.32. The molecule has 0 amide bonds. The fraction of sp³-hybridized carbons (Fsp3) is 0.333. The molecule has 0 radical (unpaired) electrons. The third kappa shape index (κ3) is 8.66. The van der Waals surface area contributed by atoms with Crippen molar-refractivity contribution in [3.63, 3.8) is 0 Å². The van der Waals surface area contributed by atoms with Gasteiger partial charge < -0.3 is 15.4 Å². The molecule has 154 valence electrons. The number of guanidine groups is 1. The molecule has 0 heterocycles. The summed E-state index contributed by atoms with van der Waals surface area (Å²) in [5, 5.41) is 15.2. The molecule has 0 saturated carbocycles. The molecule has 2 aromatic rings. The normalized spacial score (nSPS) is 11.8. The zero-order chi connectivity index (χ0) is 21.1. The second-order valence-electron chi connectivity index (χ2n) is 6.28.